The van der Waals surface area contributed by atoms with Crippen LogP contribution < -0.4 is 5.32 Å². The lowest BCUT2D eigenvalue weighted by atomic mass is 10.4. The molecule has 1 saturated carbocycles. The predicted molar refractivity (Wildman–Crippen MR) is 68.8 cm³/mol. The zero-order chi connectivity index (χ0) is 12.7. The van der Waals surface area contributed by atoms with Gasteiger partial charge in [-0.05, 0) is 25.0 Å². The summed E-state index contributed by atoms with van der Waals surface area (Å²) in [6, 6.07) is 3.79. The molecule has 0 aliphatic heterocycles. The van der Waals surface area contributed by atoms with Crippen molar-refractivity contribution >= 4 is 11.5 Å². The van der Waals surface area contributed by atoms with Gasteiger partial charge < -0.3 is 9.73 Å². The molecule has 0 atom stereocenters. The molecule has 19 heavy (non-hydrogen) atoms. The molecule has 1 aliphatic carbocycles. The van der Waals surface area contributed by atoms with Crippen LogP contribution in [0.4, 0.5) is 5.82 Å². The van der Waals surface area contributed by atoms with Crippen molar-refractivity contribution in [3.8, 4) is 0 Å². The third kappa shape index (κ3) is 1.85. The first-order valence-corrected chi connectivity index (χ1v) is 6.38. The van der Waals surface area contributed by atoms with Gasteiger partial charge >= 0.3 is 0 Å². The van der Waals surface area contributed by atoms with E-state index in [1.54, 1.807) is 12.5 Å². The maximum absolute atomic E-state index is 5.29. The van der Waals surface area contributed by atoms with Crippen molar-refractivity contribution in [2.75, 3.05) is 5.32 Å². The molecule has 4 rings (SSSR count). The molecule has 6 nitrogen and oxygen atoms in total. The molecule has 3 aromatic rings. The molecular weight excluding hydrogens is 242 g/mol. The van der Waals surface area contributed by atoms with Crippen LogP contribution >= 0.6 is 0 Å². The zero-order valence-electron chi connectivity index (χ0n) is 10.3. The second kappa shape index (κ2) is 4.08. The Kier molecular flexibility index (Phi) is 2.26. The van der Waals surface area contributed by atoms with Crippen LogP contribution in [0.2, 0.25) is 0 Å². The normalized spacial score (nSPS) is 14.9. The summed E-state index contributed by atoms with van der Waals surface area (Å²) < 4.78 is 7.31. The van der Waals surface area contributed by atoms with E-state index < -0.39 is 0 Å². The van der Waals surface area contributed by atoms with Crippen molar-refractivity contribution in [2.45, 2.75) is 25.3 Å². The number of hydrogen-bond acceptors (Lipinski definition) is 5. The first-order chi connectivity index (χ1) is 9.42. The van der Waals surface area contributed by atoms with Crippen LogP contribution in [0, 0.1) is 0 Å². The summed E-state index contributed by atoms with van der Waals surface area (Å²) in [5.74, 6) is 3.21. The Labute approximate surface area is 109 Å². The van der Waals surface area contributed by atoms with E-state index in [0.29, 0.717) is 12.5 Å². The van der Waals surface area contributed by atoms with Crippen LogP contribution in [0.3, 0.4) is 0 Å². The minimum Gasteiger partial charge on any atom is -0.467 e. The lowest BCUT2D eigenvalue weighted by molar-refractivity contribution is 0.518. The molecule has 0 amide bonds. The highest BCUT2D eigenvalue weighted by molar-refractivity contribution is 5.62. The second-order valence-electron chi connectivity index (χ2n) is 4.73. The van der Waals surface area contributed by atoms with E-state index in [-0.39, 0.29) is 0 Å². The number of hydrogen-bond donors (Lipinski definition) is 1. The third-order valence-corrected chi connectivity index (χ3v) is 3.31. The Morgan fingerprint density at radius 3 is 3.11 bits per heavy atom. The fourth-order valence-corrected chi connectivity index (χ4v) is 2.17. The van der Waals surface area contributed by atoms with Crippen molar-refractivity contribution in [2.24, 2.45) is 0 Å². The topological polar surface area (TPSA) is 68.2 Å². The molecule has 6 heteroatoms. The summed E-state index contributed by atoms with van der Waals surface area (Å²) in [6.45, 7) is 0.589. The molecule has 0 spiro atoms. The summed E-state index contributed by atoms with van der Waals surface area (Å²) in [7, 11) is 0. The number of nitrogens with one attached hydrogen (secondary N) is 1. The summed E-state index contributed by atoms with van der Waals surface area (Å²) in [6.07, 6.45) is 7.76. The highest BCUT2D eigenvalue weighted by Gasteiger charge is 2.29. The highest BCUT2D eigenvalue weighted by atomic mass is 16.3. The average Bonchev–Trinajstić information content (AvgIpc) is 2.99. The van der Waals surface area contributed by atoms with Gasteiger partial charge in [-0.2, -0.15) is 0 Å². The van der Waals surface area contributed by atoms with Crippen LogP contribution in [-0.4, -0.2) is 19.6 Å². The van der Waals surface area contributed by atoms with E-state index in [4.69, 9.17) is 4.42 Å². The zero-order valence-corrected chi connectivity index (χ0v) is 10.3. The van der Waals surface area contributed by atoms with Crippen LogP contribution in [0.25, 0.3) is 5.65 Å². The van der Waals surface area contributed by atoms with Gasteiger partial charge in [0.25, 0.3) is 0 Å². The molecule has 0 bridgehead atoms. The van der Waals surface area contributed by atoms with Gasteiger partial charge in [0.1, 0.15) is 11.6 Å². The van der Waals surface area contributed by atoms with Gasteiger partial charge in [0, 0.05) is 18.3 Å². The lowest BCUT2D eigenvalue weighted by Crippen LogP contribution is -2.03. The van der Waals surface area contributed by atoms with Gasteiger partial charge in [-0.15, -0.1) is 10.2 Å². The minimum absolute atomic E-state index is 0.565. The van der Waals surface area contributed by atoms with Crippen molar-refractivity contribution in [3.63, 3.8) is 0 Å². The molecule has 1 N–H and O–H groups in total. The van der Waals surface area contributed by atoms with Gasteiger partial charge in [-0.1, -0.05) is 0 Å². The molecule has 0 saturated heterocycles. The summed E-state index contributed by atoms with van der Waals surface area (Å²) >= 11 is 0. The minimum atomic E-state index is 0.565. The van der Waals surface area contributed by atoms with E-state index in [0.717, 1.165) is 23.0 Å². The van der Waals surface area contributed by atoms with Gasteiger partial charge in [0.05, 0.1) is 12.8 Å². The van der Waals surface area contributed by atoms with E-state index in [1.165, 1.54) is 12.8 Å². The van der Waals surface area contributed by atoms with Crippen LogP contribution in [-0.2, 0) is 6.54 Å². The van der Waals surface area contributed by atoms with E-state index in [2.05, 4.69) is 20.5 Å². The van der Waals surface area contributed by atoms with Crippen LogP contribution in [0.1, 0.15) is 30.3 Å². The maximum atomic E-state index is 5.29. The largest absolute Gasteiger partial charge is 0.467 e. The molecule has 0 radical (unpaired) electrons. The number of furan rings is 1. The van der Waals surface area contributed by atoms with Gasteiger partial charge in [0.2, 0.25) is 5.65 Å². The Hall–Kier alpha value is -2.37. The molecule has 3 heterocycles. The Morgan fingerprint density at radius 1 is 1.37 bits per heavy atom. The smallest absolute Gasteiger partial charge is 0.203 e. The van der Waals surface area contributed by atoms with Crippen molar-refractivity contribution in [1.29, 1.82) is 0 Å². The summed E-state index contributed by atoms with van der Waals surface area (Å²) in [5.41, 5.74) is 0.774. The van der Waals surface area contributed by atoms with Crippen LogP contribution in [0.15, 0.2) is 35.2 Å². The summed E-state index contributed by atoms with van der Waals surface area (Å²) in [4.78, 5) is 4.32. The molecular formula is C13H13N5O. The standard InChI is InChI=1S/C13H13N5O/c1-2-10(19-7-1)8-15-11-13-17-16-12(9-3-4-9)18(13)6-5-14-11/h1-2,5-7,9H,3-4,8H2,(H,14,15). The lowest BCUT2D eigenvalue weighted by Gasteiger charge is -2.04. The number of fused-ring (bicyclic) bond motifs is 1. The summed E-state index contributed by atoms with van der Waals surface area (Å²) in [5, 5.41) is 11.7. The van der Waals surface area contributed by atoms with Crippen molar-refractivity contribution < 1.29 is 4.42 Å². The fraction of sp³-hybridized carbons (Fsp3) is 0.308. The number of nitrogens with zero attached hydrogens (tertiary/aromatic N) is 4. The van der Waals surface area contributed by atoms with Crippen molar-refractivity contribution in [1.82, 2.24) is 19.6 Å². The fourth-order valence-electron chi connectivity index (χ4n) is 2.17. The first-order valence-electron chi connectivity index (χ1n) is 6.38. The maximum Gasteiger partial charge on any atom is 0.203 e. The van der Waals surface area contributed by atoms with Gasteiger partial charge in [0.15, 0.2) is 5.82 Å². The average molecular weight is 255 g/mol. The van der Waals surface area contributed by atoms with Crippen molar-refractivity contribution in [3.05, 3.63) is 42.4 Å². The van der Waals surface area contributed by atoms with Gasteiger partial charge in [-0.3, -0.25) is 4.40 Å². The molecule has 3 aromatic heterocycles. The predicted octanol–water partition coefficient (Wildman–Crippen LogP) is 2.21. The molecule has 1 fully saturated rings. The Balaban J connectivity index is 1.66. The second-order valence-corrected chi connectivity index (χ2v) is 4.73. The molecule has 0 unspecified atom stereocenters. The SMILES string of the molecule is c1coc(CNc2nccn3c(C4CC4)nnc23)c1. The Morgan fingerprint density at radius 2 is 2.32 bits per heavy atom. The van der Waals surface area contributed by atoms with Gasteiger partial charge in [-0.25, -0.2) is 4.98 Å². The molecule has 0 aromatic carbocycles. The third-order valence-electron chi connectivity index (χ3n) is 3.31. The van der Waals surface area contributed by atoms with E-state index >= 15 is 0 Å². The van der Waals surface area contributed by atoms with E-state index in [9.17, 15) is 0 Å². The molecule has 1 aliphatic rings. The molecule has 96 valence electrons. The monoisotopic (exact) mass is 255 g/mol. The van der Waals surface area contributed by atoms with Crippen LogP contribution in [0.5, 0.6) is 0 Å². The first kappa shape index (κ1) is 10.5. The number of aromatic nitrogens is 4. The van der Waals surface area contributed by atoms with E-state index in [1.807, 2.05) is 22.7 Å². The number of anilines is 1. The number of rotatable bonds is 4. The quantitative estimate of drug-likeness (QED) is 0.774. The highest BCUT2D eigenvalue weighted by Crippen LogP contribution is 2.39. The Bertz CT molecular complexity index is 699.